The first-order valence-corrected chi connectivity index (χ1v) is 7.63. The van der Waals surface area contributed by atoms with E-state index in [-0.39, 0.29) is 0 Å². The molecule has 88 valence electrons. The Labute approximate surface area is 113 Å². The van der Waals surface area contributed by atoms with Crippen LogP contribution in [-0.4, -0.2) is 6.61 Å². The Kier molecular flexibility index (Phi) is 9.97. The molecule has 0 aromatic carbocycles. The van der Waals surface area contributed by atoms with Crippen molar-refractivity contribution in [3.63, 3.8) is 0 Å². The Morgan fingerprint density at radius 2 is 1.87 bits per heavy atom. The van der Waals surface area contributed by atoms with E-state index >= 15 is 0 Å². The predicted octanol–water partition coefficient (Wildman–Crippen LogP) is 5.87. The summed E-state index contributed by atoms with van der Waals surface area (Å²) < 4.78 is 7.69. The van der Waals surface area contributed by atoms with Crippen LogP contribution >= 0.6 is 43.2 Å². The largest absolute Gasteiger partial charge is 0.491 e. The van der Waals surface area contributed by atoms with Gasteiger partial charge in [0.05, 0.1) is 10.4 Å². The highest BCUT2D eigenvalue weighted by atomic mass is 79.9. The predicted molar refractivity (Wildman–Crippen MR) is 76.1 cm³/mol. The molecule has 0 spiro atoms. The first-order chi connectivity index (χ1) is 7.15. The molecule has 0 amide bonds. The maximum absolute atomic E-state index is 5.53. The maximum atomic E-state index is 5.53. The van der Waals surface area contributed by atoms with Gasteiger partial charge in [0.2, 0.25) is 0 Å². The van der Waals surface area contributed by atoms with Gasteiger partial charge in [-0.2, -0.15) is 0 Å². The molecule has 1 rings (SSSR count). The molecular weight excluding hydrogens is 340 g/mol. The minimum atomic E-state index is 0.804. The standard InChI is InChI=1S/C8H10Br2OS.C3H8/c1-2-3-4-11-6-5-7(9)12-8(6)10;1-3-2/h5H,2-4H2,1H3;3H2,1-2H3. The third kappa shape index (κ3) is 7.36. The van der Waals surface area contributed by atoms with Crippen LogP contribution in [-0.2, 0) is 0 Å². The van der Waals surface area contributed by atoms with Crippen molar-refractivity contribution in [2.75, 3.05) is 6.61 Å². The van der Waals surface area contributed by atoms with Gasteiger partial charge in [-0.05, 0) is 38.3 Å². The molecule has 0 aliphatic carbocycles. The number of hydrogen-bond acceptors (Lipinski definition) is 2. The van der Waals surface area contributed by atoms with Gasteiger partial charge in [-0.3, -0.25) is 0 Å². The second kappa shape index (κ2) is 9.67. The van der Waals surface area contributed by atoms with Gasteiger partial charge in [-0.25, -0.2) is 0 Å². The molecule has 0 radical (unpaired) electrons. The molecule has 0 aliphatic heterocycles. The van der Waals surface area contributed by atoms with Crippen LogP contribution in [0.3, 0.4) is 0 Å². The van der Waals surface area contributed by atoms with Gasteiger partial charge in [0.15, 0.2) is 0 Å². The number of hydrogen-bond donors (Lipinski definition) is 0. The lowest BCUT2D eigenvalue weighted by Gasteiger charge is -2.01. The van der Waals surface area contributed by atoms with E-state index in [1.165, 1.54) is 12.8 Å². The van der Waals surface area contributed by atoms with Gasteiger partial charge in [0.1, 0.15) is 9.54 Å². The zero-order valence-electron chi connectivity index (χ0n) is 9.48. The molecule has 4 heteroatoms. The number of halogens is 2. The van der Waals surface area contributed by atoms with Crippen molar-refractivity contribution >= 4 is 43.2 Å². The summed E-state index contributed by atoms with van der Waals surface area (Å²) in [7, 11) is 0. The van der Waals surface area contributed by atoms with Crippen LogP contribution in [0.2, 0.25) is 0 Å². The molecule has 1 nitrogen and oxygen atoms in total. The van der Waals surface area contributed by atoms with E-state index in [2.05, 4.69) is 52.6 Å². The number of rotatable bonds is 4. The van der Waals surface area contributed by atoms with Gasteiger partial charge < -0.3 is 4.74 Å². The van der Waals surface area contributed by atoms with Crippen molar-refractivity contribution in [2.45, 2.75) is 40.0 Å². The number of unbranched alkanes of at least 4 members (excludes halogenated alkanes) is 1. The molecule has 0 atom stereocenters. The molecule has 1 aromatic heterocycles. The normalized spacial score (nSPS) is 9.40. The minimum Gasteiger partial charge on any atom is -0.491 e. The summed E-state index contributed by atoms with van der Waals surface area (Å²) >= 11 is 8.47. The van der Waals surface area contributed by atoms with Crippen LogP contribution < -0.4 is 4.74 Å². The Hall–Kier alpha value is 0.460. The van der Waals surface area contributed by atoms with Gasteiger partial charge in [-0.1, -0.05) is 33.6 Å². The number of ether oxygens (including phenoxy) is 1. The van der Waals surface area contributed by atoms with Crippen molar-refractivity contribution in [1.29, 1.82) is 0 Å². The summed E-state index contributed by atoms with van der Waals surface area (Å²) in [6.45, 7) is 7.21. The van der Waals surface area contributed by atoms with Crippen LogP contribution in [0, 0.1) is 0 Å². The molecule has 15 heavy (non-hydrogen) atoms. The van der Waals surface area contributed by atoms with Gasteiger partial charge in [0.25, 0.3) is 0 Å². The van der Waals surface area contributed by atoms with Crippen LogP contribution in [0.1, 0.15) is 40.0 Å². The van der Waals surface area contributed by atoms with Crippen LogP contribution in [0.15, 0.2) is 13.6 Å². The molecule has 0 saturated heterocycles. The van der Waals surface area contributed by atoms with E-state index in [0.29, 0.717) is 0 Å². The average molecular weight is 358 g/mol. The molecule has 1 heterocycles. The molecule has 1 aromatic rings. The summed E-state index contributed by atoms with van der Waals surface area (Å²) in [4.78, 5) is 0. The van der Waals surface area contributed by atoms with E-state index < -0.39 is 0 Å². The van der Waals surface area contributed by atoms with Gasteiger partial charge in [-0.15, -0.1) is 11.3 Å². The second-order valence-corrected chi connectivity index (χ2v) is 6.85. The van der Waals surface area contributed by atoms with Crippen molar-refractivity contribution in [3.05, 3.63) is 13.6 Å². The highest BCUT2D eigenvalue weighted by Gasteiger charge is 2.04. The van der Waals surface area contributed by atoms with Crippen LogP contribution in [0.25, 0.3) is 0 Å². The third-order valence-corrected chi connectivity index (χ3v) is 3.67. The highest BCUT2D eigenvalue weighted by Crippen LogP contribution is 2.37. The molecular formula is C11H18Br2OS. The highest BCUT2D eigenvalue weighted by molar-refractivity contribution is 9.12. The maximum Gasteiger partial charge on any atom is 0.145 e. The Morgan fingerprint density at radius 1 is 1.27 bits per heavy atom. The van der Waals surface area contributed by atoms with Crippen molar-refractivity contribution in [1.82, 2.24) is 0 Å². The van der Waals surface area contributed by atoms with Gasteiger partial charge in [0, 0.05) is 6.07 Å². The van der Waals surface area contributed by atoms with E-state index in [1.54, 1.807) is 11.3 Å². The Morgan fingerprint density at radius 3 is 2.27 bits per heavy atom. The van der Waals surface area contributed by atoms with Crippen molar-refractivity contribution in [3.8, 4) is 5.75 Å². The average Bonchev–Trinajstić information content (AvgIpc) is 2.47. The molecule has 0 bridgehead atoms. The van der Waals surface area contributed by atoms with E-state index in [9.17, 15) is 0 Å². The summed E-state index contributed by atoms with van der Waals surface area (Å²) in [5.74, 6) is 0.945. The lowest BCUT2D eigenvalue weighted by Crippen LogP contribution is -1.95. The summed E-state index contributed by atoms with van der Waals surface area (Å²) in [5.41, 5.74) is 0. The Balaban J connectivity index is 0.000000583. The van der Waals surface area contributed by atoms with E-state index in [4.69, 9.17) is 4.74 Å². The topological polar surface area (TPSA) is 9.23 Å². The number of thiophene rings is 1. The van der Waals surface area contributed by atoms with Crippen LogP contribution in [0.4, 0.5) is 0 Å². The van der Waals surface area contributed by atoms with Crippen molar-refractivity contribution < 1.29 is 4.74 Å². The summed E-state index contributed by atoms with van der Waals surface area (Å²) in [6, 6.07) is 1.99. The quantitative estimate of drug-likeness (QED) is 0.612. The monoisotopic (exact) mass is 356 g/mol. The molecule has 0 aliphatic rings. The first kappa shape index (κ1) is 15.5. The molecule has 0 unspecified atom stereocenters. The lowest BCUT2D eigenvalue weighted by molar-refractivity contribution is 0.309. The fraction of sp³-hybridized carbons (Fsp3) is 0.636. The summed E-state index contributed by atoms with van der Waals surface area (Å²) in [6.07, 6.45) is 3.53. The SMILES string of the molecule is CCC.CCCCOc1cc(Br)sc1Br. The Bertz CT molecular complexity index is 261. The minimum absolute atomic E-state index is 0.804. The fourth-order valence-electron chi connectivity index (χ4n) is 0.750. The van der Waals surface area contributed by atoms with Crippen molar-refractivity contribution in [2.24, 2.45) is 0 Å². The van der Waals surface area contributed by atoms with Gasteiger partial charge >= 0.3 is 0 Å². The zero-order valence-corrected chi connectivity index (χ0v) is 13.5. The second-order valence-electron chi connectivity index (χ2n) is 3.10. The third-order valence-electron chi connectivity index (χ3n) is 1.38. The summed E-state index contributed by atoms with van der Waals surface area (Å²) in [5, 5.41) is 0. The molecule has 0 N–H and O–H groups in total. The molecule has 0 saturated carbocycles. The smallest absolute Gasteiger partial charge is 0.145 e. The van der Waals surface area contributed by atoms with E-state index in [1.807, 2.05) is 6.07 Å². The molecule has 0 fully saturated rings. The fourth-order valence-corrected chi connectivity index (χ4v) is 3.40. The van der Waals surface area contributed by atoms with Crippen LogP contribution in [0.5, 0.6) is 5.75 Å². The zero-order chi connectivity index (χ0) is 11.7. The van der Waals surface area contributed by atoms with E-state index in [0.717, 1.165) is 26.4 Å². The first-order valence-electron chi connectivity index (χ1n) is 5.23. The lowest BCUT2D eigenvalue weighted by atomic mass is 10.4.